The number of carbonyl (C=O) groups excluding carboxylic acids is 1. The Morgan fingerprint density at radius 3 is 2.81 bits per heavy atom. The second-order valence-corrected chi connectivity index (χ2v) is 5.49. The number of hydrogen-bond donors (Lipinski definition) is 1. The first-order valence-corrected chi connectivity index (χ1v) is 7.35. The Morgan fingerprint density at radius 1 is 1.29 bits per heavy atom. The van der Waals surface area contributed by atoms with E-state index in [0.29, 0.717) is 12.3 Å². The summed E-state index contributed by atoms with van der Waals surface area (Å²) in [5.74, 6) is 0.409. The highest BCUT2D eigenvalue weighted by Crippen LogP contribution is 2.06. The van der Waals surface area contributed by atoms with Gasteiger partial charge in [0.25, 0.3) is 11.7 Å². The number of fused-ring (bicyclic) bond motifs is 1. The van der Waals surface area contributed by atoms with Gasteiger partial charge in [-0.25, -0.2) is 9.50 Å². The zero-order valence-corrected chi connectivity index (χ0v) is 12.5. The Morgan fingerprint density at radius 2 is 2.05 bits per heavy atom. The van der Waals surface area contributed by atoms with Crippen molar-refractivity contribution in [2.75, 3.05) is 26.2 Å². The molecule has 1 N–H and O–H groups in total. The monoisotopic (exact) mass is 288 g/mol. The number of nitrogens with zero attached hydrogens (tertiary/aromatic N) is 5. The normalized spacial score (nSPS) is 15.7. The number of carbonyl (C=O) groups is 1. The maximum atomic E-state index is 12.1. The molecule has 3 rings (SSSR count). The van der Waals surface area contributed by atoms with Crippen molar-refractivity contribution < 1.29 is 4.79 Å². The highest BCUT2D eigenvalue weighted by atomic mass is 16.2. The number of aryl methyl sites for hydroxylation is 2. The summed E-state index contributed by atoms with van der Waals surface area (Å²) < 4.78 is 1.60. The van der Waals surface area contributed by atoms with E-state index in [4.69, 9.17) is 0 Å². The lowest BCUT2D eigenvalue weighted by molar-refractivity contribution is 0.0939. The first-order chi connectivity index (χ1) is 10.1. The van der Waals surface area contributed by atoms with Gasteiger partial charge in [0.1, 0.15) is 0 Å². The molecular weight excluding hydrogens is 268 g/mol. The molecule has 3 heterocycles. The molecule has 0 radical (unpaired) electrons. The fourth-order valence-electron chi connectivity index (χ4n) is 2.68. The predicted octanol–water partition coefficient (Wildman–Crippen LogP) is 0.567. The number of nitrogens with one attached hydrogen (secondary N) is 1. The SMILES string of the molecule is Cc1cc(C)n2nc(C(=O)NCCN3CCCC3)nc2n1. The molecule has 1 saturated heterocycles. The lowest BCUT2D eigenvalue weighted by Gasteiger charge is -2.13. The van der Waals surface area contributed by atoms with Crippen LogP contribution in [0, 0.1) is 13.8 Å². The first-order valence-electron chi connectivity index (χ1n) is 7.35. The highest BCUT2D eigenvalue weighted by molar-refractivity contribution is 5.90. The predicted molar refractivity (Wildman–Crippen MR) is 78.3 cm³/mol. The third kappa shape index (κ3) is 3.02. The molecule has 21 heavy (non-hydrogen) atoms. The highest BCUT2D eigenvalue weighted by Gasteiger charge is 2.16. The maximum Gasteiger partial charge on any atom is 0.291 e. The summed E-state index contributed by atoms with van der Waals surface area (Å²) in [5.41, 5.74) is 1.79. The van der Waals surface area contributed by atoms with Gasteiger partial charge in [0.2, 0.25) is 5.82 Å². The van der Waals surface area contributed by atoms with Crippen molar-refractivity contribution in [1.29, 1.82) is 0 Å². The topological polar surface area (TPSA) is 75.4 Å². The van der Waals surface area contributed by atoms with Gasteiger partial charge in [0, 0.05) is 24.5 Å². The minimum atomic E-state index is -0.239. The molecule has 1 fully saturated rings. The van der Waals surface area contributed by atoms with E-state index in [9.17, 15) is 4.79 Å². The van der Waals surface area contributed by atoms with Crippen molar-refractivity contribution >= 4 is 11.7 Å². The molecule has 7 nitrogen and oxygen atoms in total. The van der Waals surface area contributed by atoms with E-state index in [0.717, 1.165) is 31.0 Å². The lowest BCUT2D eigenvalue weighted by Crippen LogP contribution is -2.34. The van der Waals surface area contributed by atoms with Gasteiger partial charge in [0.15, 0.2) is 0 Å². The molecule has 112 valence electrons. The molecule has 0 aromatic carbocycles. The van der Waals surface area contributed by atoms with Crippen molar-refractivity contribution in [2.45, 2.75) is 26.7 Å². The number of aromatic nitrogens is 4. The van der Waals surface area contributed by atoms with Crippen LogP contribution in [0.1, 0.15) is 34.8 Å². The van der Waals surface area contributed by atoms with Crippen LogP contribution in [0.15, 0.2) is 6.07 Å². The van der Waals surface area contributed by atoms with E-state index in [1.807, 2.05) is 19.9 Å². The number of rotatable bonds is 4. The zero-order chi connectivity index (χ0) is 14.8. The van der Waals surface area contributed by atoms with Crippen LogP contribution in [0.4, 0.5) is 0 Å². The first kappa shape index (κ1) is 13.9. The van der Waals surface area contributed by atoms with Crippen LogP contribution in [0.3, 0.4) is 0 Å². The van der Waals surface area contributed by atoms with Crippen molar-refractivity contribution in [1.82, 2.24) is 29.8 Å². The molecule has 0 atom stereocenters. The van der Waals surface area contributed by atoms with Gasteiger partial charge in [-0.05, 0) is 45.8 Å². The van der Waals surface area contributed by atoms with Crippen molar-refractivity contribution in [3.8, 4) is 0 Å². The molecule has 1 aliphatic rings. The van der Waals surface area contributed by atoms with Gasteiger partial charge in [0.05, 0.1) is 0 Å². The summed E-state index contributed by atoms with van der Waals surface area (Å²) in [5, 5.41) is 7.10. The minimum Gasteiger partial charge on any atom is -0.348 e. The number of likely N-dealkylation sites (tertiary alicyclic amines) is 1. The molecule has 2 aromatic heterocycles. The van der Waals surface area contributed by atoms with Gasteiger partial charge >= 0.3 is 0 Å². The Bertz CT molecular complexity index is 659. The molecule has 0 aliphatic carbocycles. The maximum absolute atomic E-state index is 12.1. The zero-order valence-electron chi connectivity index (χ0n) is 12.5. The second-order valence-electron chi connectivity index (χ2n) is 5.49. The van der Waals surface area contributed by atoms with Crippen LogP contribution >= 0.6 is 0 Å². The smallest absolute Gasteiger partial charge is 0.291 e. The lowest BCUT2D eigenvalue weighted by atomic mass is 10.4. The number of hydrogen-bond acceptors (Lipinski definition) is 5. The Hall–Kier alpha value is -2.02. The number of amides is 1. The van der Waals surface area contributed by atoms with Crippen molar-refractivity contribution in [3.05, 3.63) is 23.3 Å². The fourth-order valence-corrected chi connectivity index (χ4v) is 2.68. The second kappa shape index (κ2) is 5.77. The largest absolute Gasteiger partial charge is 0.348 e. The van der Waals surface area contributed by atoms with E-state index < -0.39 is 0 Å². The van der Waals surface area contributed by atoms with Crippen LogP contribution in [0.2, 0.25) is 0 Å². The van der Waals surface area contributed by atoms with E-state index in [1.54, 1.807) is 4.52 Å². The molecule has 2 aromatic rings. The van der Waals surface area contributed by atoms with Crippen molar-refractivity contribution in [3.63, 3.8) is 0 Å². The van der Waals surface area contributed by atoms with Gasteiger partial charge in [-0.1, -0.05) is 0 Å². The summed E-state index contributed by atoms with van der Waals surface area (Å²) >= 11 is 0. The summed E-state index contributed by atoms with van der Waals surface area (Å²) in [6.45, 7) is 7.59. The van der Waals surface area contributed by atoms with Crippen LogP contribution in [-0.2, 0) is 0 Å². The Kier molecular flexibility index (Phi) is 3.83. The Balaban J connectivity index is 1.65. The van der Waals surface area contributed by atoms with Crippen LogP contribution in [0.5, 0.6) is 0 Å². The Labute approximate surface area is 123 Å². The average molecular weight is 288 g/mol. The van der Waals surface area contributed by atoms with Crippen molar-refractivity contribution in [2.24, 2.45) is 0 Å². The van der Waals surface area contributed by atoms with E-state index in [2.05, 4.69) is 25.3 Å². The van der Waals surface area contributed by atoms with E-state index in [1.165, 1.54) is 12.8 Å². The summed E-state index contributed by atoms with van der Waals surface area (Å²) in [7, 11) is 0. The average Bonchev–Trinajstić information content (AvgIpc) is 3.07. The van der Waals surface area contributed by atoms with Gasteiger partial charge in [-0.2, -0.15) is 4.98 Å². The van der Waals surface area contributed by atoms with Gasteiger partial charge in [-0.15, -0.1) is 5.10 Å². The molecule has 0 saturated carbocycles. The quantitative estimate of drug-likeness (QED) is 0.890. The third-order valence-electron chi connectivity index (χ3n) is 3.73. The molecule has 1 aliphatic heterocycles. The summed E-state index contributed by atoms with van der Waals surface area (Å²) in [6, 6.07) is 1.91. The third-order valence-corrected chi connectivity index (χ3v) is 3.73. The fraction of sp³-hybridized carbons (Fsp3) is 0.571. The molecule has 1 amide bonds. The standard InChI is InChI=1S/C14H20N6O/c1-10-9-11(2)20-14(16-10)17-12(18-20)13(21)15-5-8-19-6-3-4-7-19/h9H,3-8H2,1-2H3,(H,15,21). The van der Waals surface area contributed by atoms with Gasteiger partial charge in [-0.3, -0.25) is 4.79 Å². The summed E-state index contributed by atoms with van der Waals surface area (Å²) in [4.78, 5) is 22.9. The minimum absolute atomic E-state index is 0.178. The summed E-state index contributed by atoms with van der Waals surface area (Å²) in [6.07, 6.45) is 2.51. The van der Waals surface area contributed by atoms with Gasteiger partial charge < -0.3 is 10.2 Å². The molecular formula is C14H20N6O. The van der Waals surface area contributed by atoms with Crippen LogP contribution in [0.25, 0.3) is 5.78 Å². The molecule has 0 bridgehead atoms. The van der Waals surface area contributed by atoms with Crippen LogP contribution in [-0.4, -0.2) is 56.6 Å². The van der Waals surface area contributed by atoms with Crippen LogP contribution < -0.4 is 5.32 Å². The molecule has 0 unspecified atom stereocenters. The van der Waals surface area contributed by atoms with E-state index >= 15 is 0 Å². The molecule has 0 spiro atoms. The molecule has 7 heteroatoms. The van der Waals surface area contributed by atoms with E-state index in [-0.39, 0.29) is 11.7 Å².